The maximum atomic E-state index is 12.7. The van der Waals surface area contributed by atoms with Gasteiger partial charge < -0.3 is 0 Å². The van der Waals surface area contributed by atoms with E-state index in [9.17, 15) is 18.5 Å². The van der Waals surface area contributed by atoms with Gasteiger partial charge in [0, 0.05) is 16.8 Å². The second-order valence-electron chi connectivity index (χ2n) is 7.42. The van der Waals surface area contributed by atoms with Crippen molar-refractivity contribution in [1.29, 1.82) is 0 Å². The number of nitrogens with zero attached hydrogens (tertiary/aromatic N) is 2. The van der Waals surface area contributed by atoms with Crippen LogP contribution in [0.25, 0.3) is 10.8 Å². The summed E-state index contributed by atoms with van der Waals surface area (Å²) in [5.74, 6) is 0. The third-order valence-corrected chi connectivity index (χ3v) is 6.71. The number of fused-ring (bicyclic) bond motifs is 1. The van der Waals surface area contributed by atoms with Gasteiger partial charge in [0.25, 0.3) is 15.7 Å². The third-order valence-electron chi connectivity index (χ3n) is 5.08. The summed E-state index contributed by atoms with van der Waals surface area (Å²) in [6.07, 6.45) is 0. The van der Waals surface area contributed by atoms with E-state index in [1.165, 1.54) is 36.4 Å². The van der Waals surface area contributed by atoms with Gasteiger partial charge in [-0.1, -0.05) is 48.0 Å². The summed E-state index contributed by atoms with van der Waals surface area (Å²) < 4.78 is 27.8. The van der Waals surface area contributed by atoms with Gasteiger partial charge in [-0.3, -0.25) is 20.3 Å². The molecule has 0 saturated carbocycles. The molecule has 0 fully saturated rings. The Kier molecular flexibility index (Phi) is 6.49. The highest BCUT2D eigenvalue weighted by Gasteiger charge is 2.21. The average Bonchev–Trinajstić information content (AvgIpc) is 2.83. The van der Waals surface area contributed by atoms with Gasteiger partial charge in [-0.25, -0.2) is 8.42 Å². The molecular weight excluding hydrogens is 476 g/mol. The molecule has 8 nitrogen and oxygen atoms in total. The fourth-order valence-corrected chi connectivity index (χ4v) is 4.48. The molecule has 4 aromatic rings. The highest BCUT2D eigenvalue weighted by atomic mass is 35.5. The van der Waals surface area contributed by atoms with E-state index >= 15 is 0 Å². The van der Waals surface area contributed by atoms with Crippen molar-refractivity contribution in [2.45, 2.75) is 11.8 Å². The monoisotopic (exact) mass is 494 g/mol. The maximum absolute atomic E-state index is 12.7. The van der Waals surface area contributed by atoms with Crippen molar-refractivity contribution >= 4 is 55.2 Å². The molecule has 0 amide bonds. The van der Waals surface area contributed by atoms with Crippen LogP contribution in [-0.4, -0.2) is 19.1 Å². The van der Waals surface area contributed by atoms with Crippen LogP contribution in [-0.2, 0) is 10.0 Å². The fourth-order valence-electron chi connectivity index (χ4n) is 3.28. The third kappa shape index (κ3) is 5.16. The second-order valence-corrected chi connectivity index (χ2v) is 9.54. The zero-order valence-electron chi connectivity index (χ0n) is 17.9. The molecule has 0 spiro atoms. The molecule has 0 saturated heterocycles. The molecule has 0 aliphatic heterocycles. The summed E-state index contributed by atoms with van der Waals surface area (Å²) in [6.45, 7) is 1.78. The van der Waals surface area contributed by atoms with Crippen molar-refractivity contribution in [2.75, 3.05) is 10.1 Å². The van der Waals surface area contributed by atoms with Gasteiger partial charge in [0.1, 0.15) is 5.69 Å². The SMILES string of the molecule is CC(=NNc1ccc(S(=O)(=O)Nc2ccc(Cl)cc2)cc1[N+](=O)[O-])c1ccc2ccccc2c1. The van der Waals surface area contributed by atoms with Gasteiger partial charge in [-0.15, -0.1) is 0 Å². The molecule has 0 bridgehead atoms. The van der Waals surface area contributed by atoms with Crippen LogP contribution in [0, 0.1) is 10.1 Å². The summed E-state index contributed by atoms with van der Waals surface area (Å²) in [6, 6.07) is 23.4. The first-order chi connectivity index (χ1) is 16.2. The number of benzene rings is 4. The van der Waals surface area contributed by atoms with Crippen LogP contribution in [0.15, 0.2) is 94.9 Å². The Hall–Kier alpha value is -3.95. The van der Waals surface area contributed by atoms with E-state index in [-0.39, 0.29) is 16.3 Å². The fraction of sp³-hybridized carbons (Fsp3) is 0.0417. The minimum atomic E-state index is -4.06. The lowest BCUT2D eigenvalue weighted by Crippen LogP contribution is -2.13. The zero-order chi connectivity index (χ0) is 24.3. The summed E-state index contributed by atoms with van der Waals surface area (Å²) in [4.78, 5) is 10.7. The van der Waals surface area contributed by atoms with Crippen LogP contribution in [0.5, 0.6) is 0 Å². The van der Waals surface area contributed by atoms with Crippen molar-refractivity contribution in [3.8, 4) is 0 Å². The van der Waals surface area contributed by atoms with Crippen LogP contribution in [0.4, 0.5) is 17.1 Å². The van der Waals surface area contributed by atoms with Gasteiger partial charge in [0.2, 0.25) is 0 Å². The van der Waals surface area contributed by atoms with Gasteiger partial charge in [-0.2, -0.15) is 5.10 Å². The summed E-state index contributed by atoms with van der Waals surface area (Å²) in [5.41, 5.74) is 4.08. The van der Waals surface area contributed by atoms with Crippen molar-refractivity contribution in [3.05, 3.63) is 106 Å². The Morgan fingerprint density at radius 3 is 2.35 bits per heavy atom. The molecule has 0 aliphatic carbocycles. The van der Waals surface area contributed by atoms with Crippen molar-refractivity contribution in [2.24, 2.45) is 5.10 Å². The predicted molar refractivity (Wildman–Crippen MR) is 135 cm³/mol. The number of sulfonamides is 1. The molecule has 4 aromatic carbocycles. The van der Waals surface area contributed by atoms with Crippen LogP contribution in [0.3, 0.4) is 0 Å². The topological polar surface area (TPSA) is 114 Å². The lowest BCUT2D eigenvalue weighted by molar-refractivity contribution is -0.384. The van der Waals surface area contributed by atoms with E-state index in [1.54, 1.807) is 6.92 Å². The minimum absolute atomic E-state index is 0.0654. The Bertz CT molecular complexity index is 1520. The van der Waals surface area contributed by atoms with Crippen molar-refractivity contribution in [3.63, 3.8) is 0 Å². The Morgan fingerprint density at radius 2 is 1.65 bits per heavy atom. The van der Waals surface area contributed by atoms with Gasteiger partial charge in [0.05, 0.1) is 15.5 Å². The Balaban J connectivity index is 1.59. The van der Waals surface area contributed by atoms with Crippen molar-refractivity contribution in [1.82, 2.24) is 0 Å². The predicted octanol–water partition coefficient (Wildman–Crippen LogP) is 6.04. The average molecular weight is 495 g/mol. The first kappa shape index (κ1) is 23.2. The molecule has 0 aromatic heterocycles. The van der Waals surface area contributed by atoms with Crippen molar-refractivity contribution < 1.29 is 13.3 Å². The first-order valence-electron chi connectivity index (χ1n) is 10.1. The van der Waals surface area contributed by atoms with Gasteiger partial charge in [0.15, 0.2) is 0 Å². The normalized spacial score (nSPS) is 11.9. The molecule has 0 heterocycles. The van der Waals surface area contributed by atoms with E-state index in [1.807, 2.05) is 42.5 Å². The van der Waals surface area contributed by atoms with E-state index in [0.717, 1.165) is 22.4 Å². The van der Waals surface area contributed by atoms with E-state index in [0.29, 0.717) is 10.7 Å². The summed E-state index contributed by atoms with van der Waals surface area (Å²) >= 11 is 5.82. The standard InChI is InChI=1S/C24H19ClN4O4S/c1-16(18-7-6-17-4-2-3-5-19(17)14-18)26-27-23-13-12-22(15-24(23)29(30)31)34(32,33)28-21-10-8-20(25)9-11-21/h2-15,27-28H,1H3. The maximum Gasteiger partial charge on any atom is 0.295 e. The molecule has 0 aliphatic rings. The van der Waals surface area contributed by atoms with Crippen LogP contribution < -0.4 is 10.1 Å². The minimum Gasteiger partial charge on any atom is -0.280 e. The molecule has 10 heteroatoms. The number of halogens is 1. The van der Waals surface area contributed by atoms with Gasteiger partial charge >= 0.3 is 0 Å². The number of nitro benzene ring substituents is 1. The number of hydrogen-bond acceptors (Lipinski definition) is 6. The summed E-state index contributed by atoms with van der Waals surface area (Å²) in [7, 11) is -4.06. The molecule has 0 radical (unpaired) electrons. The Morgan fingerprint density at radius 1 is 0.941 bits per heavy atom. The molecule has 0 atom stereocenters. The highest BCUT2D eigenvalue weighted by Crippen LogP contribution is 2.29. The van der Waals surface area contributed by atoms with Crippen LogP contribution in [0.2, 0.25) is 5.02 Å². The van der Waals surface area contributed by atoms with Crippen LogP contribution >= 0.6 is 11.6 Å². The van der Waals surface area contributed by atoms with Gasteiger partial charge in [-0.05, 0) is 65.7 Å². The molecule has 2 N–H and O–H groups in total. The Labute approximate surface area is 201 Å². The molecule has 34 heavy (non-hydrogen) atoms. The number of nitrogens with one attached hydrogen (secondary N) is 2. The lowest BCUT2D eigenvalue weighted by Gasteiger charge is -2.10. The van der Waals surface area contributed by atoms with E-state index in [2.05, 4.69) is 15.2 Å². The smallest absolute Gasteiger partial charge is 0.280 e. The quantitative estimate of drug-likeness (QED) is 0.185. The number of hydrogen-bond donors (Lipinski definition) is 2. The zero-order valence-corrected chi connectivity index (χ0v) is 19.5. The van der Waals surface area contributed by atoms with E-state index < -0.39 is 20.6 Å². The molecular formula is C24H19ClN4O4S. The number of nitro groups is 1. The highest BCUT2D eigenvalue weighted by molar-refractivity contribution is 7.92. The molecule has 4 rings (SSSR count). The van der Waals surface area contributed by atoms with Crippen LogP contribution in [0.1, 0.15) is 12.5 Å². The molecule has 172 valence electrons. The number of anilines is 2. The first-order valence-corrected chi connectivity index (χ1v) is 12.0. The largest absolute Gasteiger partial charge is 0.295 e. The summed E-state index contributed by atoms with van der Waals surface area (Å²) in [5, 5.41) is 18.5. The second kappa shape index (κ2) is 9.50. The number of hydrazone groups is 1. The van der Waals surface area contributed by atoms with E-state index in [4.69, 9.17) is 11.6 Å². The molecule has 0 unspecified atom stereocenters. The lowest BCUT2D eigenvalue weighted by atomic mass is 10.0. The number of rotatable bonds is 7.